The number of allylic oxidation sites excluding steroid dienone is 1. The third kappa shape index (κ3) is 1.22. The van der Waals surface area contributed by atoms with Crippen LogP contribution in [0.4, 0.5) is 0 Å². The molecule has 2 heterocycles. The molecule has 0 spiro atoms. The Hall–Kier alpha value is -1.91. The molecule has 5 nitrogen and oxygen atoms in total. The van der Waals surface area contributed by atoms with Crippen LogP contribution in [0.5, 0.6) is 5.88 Å². The second-order valence-electron chi connectivity index (χ2n) is 2.69. The first-order valence-electron chi connectivity index (χ1n) is 4.21. The van der Waals surface area contributed by atoms with Gasteiger partial charge in [-0.05, 0) is 6.92 Å². The highest BCUT2D eigenvalue weighted by atomic mass is 16.5. The molecular formula is C9H10N4O. The standard InChI is InChI=1S/C9H10N4O/c1-3-4-13-6-12-8-7(13)9(14-2)11-5-10-8/h3-6H,1-2H3/b4-3+. The summed E-state index contributed by atoms with van der Waals surface area (Å²) in [6.45, 7) is 1.93. The van der Waals surface area contributed by atoms with Gasteiger partial charge in [0.15, 0.2) is 11.2 Å². The molecule has 0 aliphatic rings. The number of ether oxygens (including phenoxy) is 1. The van der Waals surface area contributed by atoms with Gasteiger partial charge < -0.3 is 9.30 Å². The SMILES string of the molecule is C/C=C/n1cnc2ncnc(OC)c21. The lowest BCUT2D eigenvalue weighted by molar-refractivity contribution is 0.401. The van der Waals surface area contributed by atoms with Crippen LogP contribution >= 0.6 is 0 Å². The lowest BCUT2D eigenvalue weighted by atomic mass is 10.5. The van der Waals surface area contributed by atoms with Crippen molar-refractivity contribution in [3.63, 3.8) is 0 Å². The summed E-state index contributed by atoms with van der Waals surface area (Å²) in [6.07, 6.45) is 6.91. The van der Waals surface area contributed by atoms with E-state index in [4.69, 9.17) is 4.74 Å². The summed E-state index contributed by atoms with van der Waals surface area (Å²) in [7, 11) is 1.58. The highest BCUT2D eigenvalue weighted by molar-refractivity contribution is 5.78. The quantitative estimate of drug-likeness (QED) is 0.716. The minimum Gasteiger partial charge on any atom is -0.479 e. The summed E-state index contributed by atoms with van der Waals surface area (Å²) in [5, 5.41) is 0. The third-order valence-corrected chi connectivity index (χ3v) is 1.84. The largest absolute Gasteiger partial charge is 0.479 e. The minimum absolute atomic E-state index is 0.533. The molecule has 0 saturated heterocycles. The van der Waals surface area contributed by atoms with E-state index in [1.54, 1.807) is 13.4 Å². The van der Waals surface area contributed by atoms with Crippen molar-refractivity contribution in [3.8, 4) is 5.88 Å². The van der Waals surface area contributed by atoms with E-state index in [2.05, 4.69) is 15.0 Å². The van der Waals surface area contributed by atoms with Crippen LogP contribution in [0, 0.1) is 0 Å². The van der Waals surface area contributed by atoms with E-state index in [9.17, 15) is 0 Å². The van der Waals surface area contributed by atoms with Crippen molar-refractivity contribution in [3.05, 3.63) is 18.7 Å². The number of rotatable bonds is 2. The summed E-state index contributed by atoms with van der Waals surface area (Å²) in [5.41, 5.74) is 1.42. The molecule has 0 atom stereocenters. The van der Waals surface area contributed by atoms with E-state index in [1.807, 2.05) is 23.8 Å². The number of methoxy groups -OCH3 is 1. The summed E-state index contributed by atoms with van der Waals surface area (Å²) in [4.78, 5) is 12.2. The average Bonchev–Trinajstić information content (AvgIpc) is 2.62. The molecule has 0 unspecified atom stereocenters. The molecule has 72 valence electrons. The number of imidazole rings is 1. The van der Waals surface area contributed by atoms with Crippen molar-refractivity contribution in [1.82, 2.24) is 19.5 Å². The van der Waals surface area contributed by atoms with Crippen LogP contribution < -0.4 is 4.74 Å². The van der Waals surface area contributed by atoms with Crippen LogP contribution in [0.3, 0.4) is 0 Å². The van der Waals surface area contributed by atoms with Gasteiger partial charge in [-0.15, -0.1) is 0 Å². The van der Waals surface area contributed by atoms with Gasteiger partial charge in [0, 0.05) is 6.20 Å². The highest BCUT2D eigenvalue weighted by Gasteiger charge is 2.08. The van der Waals surface area contributed by atoms with Crippen molar-refractivity contribution < 1.29 is 4.74 Å². The van der Waals surface area contributed by atoms with Gasteiger partial charge in [0.05, 0.1) is 7.11 Å². The van der Waals surface area contributed by atoms with Gasteiger partial charge in [0.2, 0.25) is 5.88 Å². The first-order chi connectivity index (χ1) is 6.86. The van der Waals surface area contributed by atoms with E-state index in [-0.39, 0.29) is 0 Å². The predicted octanol–water partition coefficient (Wildman–Crippen LogP) is 1.33. The summed E-state index contributed by atoms with van der Waals surface area (Å²) in [6, 6.07) is 0. The smallest absolute Gasteiger partial charge is 0.243 e. The molecule has 0 amide bonds. The molecule has 0 fully saturated rings. The fraction of sp³-hybridized carbons (Fsp3) is 0.222. The lowest BCUT2D eigenvalue weighted by Crippen LogP contribution is -1.93. The van der Waals surface area contributed by atoms with Gasteiger partial charge in [-0.25, -0.2) is 9.97 Å². The second-order valence-corrected chi connectivity index (χ2v) is 2.69. The topological polar surface area (TPSA) is 52.8 Å². The van der Waals surface area contributed by atoms with Crippen LogP contribution in [0.25, 0.3) is 17.4 Å². The Labute approximate surface area is 81.1 Å². The van der Waals surface area contributed by atoms with E-state index in [1.165, 1.54) is 6.33 Å². The molecule has 0 bridgehead atoms. The Bertz CT molecular complexity index is 475. The first kappa shape index (κ1) is 8.68. The predicted molar refractivity (Wildman–Crippen MR) is 52.9 cm³/mol. The van der Waals surface area contributed by atoms with Gasteiger partial charge in [-0.1, -0.05) is 6.08 Å². The van der Waals surface area contributed by atoms with E-state index < -0.39 is 0 Å². The second kappa shape index (κ2) is 3.45. The number of hydrogen-bond acceptors (Lipinski definition) is 4. The maximum absolute atomic E-state index is 5.13. The van der Waals surface area contributed by atoms with Gasteiger partial charge in [-0.2, -0.15) is 4.98 Å². The van der Waals surface area contributed by atoms with Gasteiger partial charge in [-0.3, -0.25) is 0 Å². The van der Waals surface area contributed by atoms with Gasteiger partial charge in [0.1, 0.15) is 12.7 Å². The average molecular weight is 190 g/mol. The minimum atomic E-state index is 0.533. The van der Waals surface area contributed by atoms with Crippen LogP contribution in [0.1, 0.15) is 6.92 Å². The van der Waals surface area contributed by atoms with Crippen LogP contribution in [0.2, 0.25) is 0 Å². The van der Waals surface area contributed by atoms with E-state index >= 15 is 0 Å². The number of nitrogens with zero attached hydrogens (tertiary/aromatic N) is 4. The number of aromatic nitrogens is 4. The molecule has 2 aromatic rings. The van der Waals surface area contributed by atoms with Crippen molar-refractivity contribution >= 4 is 17.4 Å². The Morgan fingerprint density at radius 1 is 1.36 bits per heavy atom. The molecule has 0 N–H and O–H groups in total. The zero-order valence-corrected chi connectivity index (χ0v) is 8.01. The Kier molecular flexibility index (Phi) is 2.14. The molecule has 0 aliphatic heterocycles. The van der Waals surface area contributed by atoms with Crippen molar-refractivity contribution in [2.24, 2.45) is 0 Å². The normalized spacial score (nSPS) is 11.3. The van der Waals surface area contributed by atoms with Crippen molar-refractivity contribution in [2.75, 3.05) is 7.11 Å². The monoisotopic (exact) mass is 190 g/mol. The summed E-state index contributed by atoms with van der Waals surface area (Å²) >= 11 is 0. The molecule has 0 aromatic carbocycles. The molecule has 2 aromatic heterocycles. The zero-order chi connectivity index (χ0) is 9.97. The van der Waals surface area contributed by atoms with E-state index in [0.717, 1.165) is 5.52 Å². The maximum Gasteiger partial charge on any atom is 0.243 e. The highest BCUT2D eigenvalue weighted by Crippen LogP contribution is 2.19. The van der Waals surface area contributed by atoms with Crippen molar-refractivity contribution in [2.45, 2.75) is 6.92 Å². The third-order valence-electron chi connectivity index (χ3n) is 1.84. The van der Waals surface area contributed by atoms with Crippen molar-refractivity contribution in [1.29, 1.82) is 0 Å². The van der Waals surface area contributed by atoms with Gasteiger partial charge in [0.25, 0.3) is 0 Å². The molecule has 14 heavy (non-hydrogen) atoms. The Morgan fingerprint density at radius 3 is 2.93 bits per heavy atom. The number of fused-ring (bicyclic) bond motifs is 1. The summed E-state index contributed by atoms with van der Waals surface area (Å²) in [5.74, 6) is 0.533. The Balaban J connectivity index is 2.74. The fourth-order valence-corrected chi connectivity index (χ4v) is 1.27. The van der Waals surface area contributed by atoms with Crippen LogP contribution in [-0.2, 0) is 0 Å². The fourth-order valence-electron chi connectivity index (χ4n) is 1.27. The number of hydrogen-bond donors (Lipinski definition) is 0. The molecular weight excluding hydrogens is 180 g/mol. The Morgan fingerprint density at radius 2 is 2.21 bits per heavy atom. The lowest BCUT2D eigenvalue weighted by Gasteiger charge is -2.00. The molecule has 0 saturated carbocycles. The maximum atomic E-state index is 5.13. The molecule has 2 rings (SSSR count). The first-order valence-corrected chi connectivity index (χ1v) is 4.21. The van der Waals surface area contributed by atoms with Crippen LogP contribution in [0.15, 0.2) is 18.7 Å². The molecule has 5 heteroatoms. The van der Waals surface area contributed by atoms with Crippen LogP contribution in [-0.4, -0.2) is 26.6 Å². The summed E-state index contributed by atoms with van der Waals surface area (Å²) < 4.78 is 6.95. The van der Waals surface area contributed by atoms with Gasteiger partial charge >= 0.3 is 0 Å². The van der Waals surface area contributed by atoms with E-state index in [0.29, 0.717) is 11.5 Å². The molecule has 0 radical (unpaired) electrons. The zero-order valence-electron chi connectivity index (χ0n) is 8.01. The molecule has 0 aliphatic carbocycles.